The number of nitriles is 1. The highest BCUT2D eigenvalue weighted by atomic mass is 15.1. The SMILES string of the molecule is CC(CC(C)(N)C#N)N(C)CC1CC1. The highest BCUT2D eigenvalue weighted by molar-refractivity contribution is 5.02. The summed E-state index contributed by atoms with van der Waals surface area (Å²) in [6, 6.07) is 2.54. The maximum Gasteiger partial charge on any atom is 0.102 e. The standard InChI is InChI=1S/C11H21N3/c1-9(6-11(2,13)8-12)14(3)7-10-4-5-10/h9-10H,4-7,13H2,1-3H3. The second-order valence-corrected chi connectivity index (χ2v) is 4.97. The lowest BCUT2D eigenvalue weighted by molar-refractivity contribution is 0.218. The van der Waals surface area contributed by atoms with Crippen LogP contribution in [-0.2, 0) is 0 Å². The normalized spacial score (nSPS) is 22.9. The molecule has 0 saturated heterocycles. The fraction of sp³-hybridized carbons (Fsp3) is 0.909. The molecule has 0 amide bonds. The van der Waals surface area contributed by atoms with Crippen molar-refractivity contribution >= 4 is 0 Å². The highest BCUT2D eigenvalue weighted by Crippen LogP contribution is 2.30. The van der Waals surface area contributed by atoms with E-state index in [1.165, 1.54) is 12.8 Å². The molecule has 0 radical (unpaired) electrons. The smallest absolute Gasteiger partial charge is 0.102 e. The fourth-order valence-electron chi connectivity index (χ4n) is 1.70. The van der Waals surface area contributed by atoms with E-state index in [0.717, 1.165) is 18.9 Å². The first-order chi connectivity index (χ1) is 6.44. The van der Waals surface area contributed by atoms with E-state index in [0.29, 0.717) is 6.04 Å². The maximum atomic E-state index is 8.83. The topological polar surface area (TPSA) is 53.1 Å². The summed E-state index contributed by atoms with van der Waals surface area (Å²) in [6.07, 6.45) is 3.48. The molecule has 2 N–H and O–H groups in total. The molecule has 1 aliphatic carbocycles. The third-order valence-corrected chi connectivity index (χ3v) is 2.97. The van der Waals surface area contributed by atoms with Gasteiger partial charge in [-0.25, -0.2) is 0 Å². The zero-order valence-electron chi connectivity index (χ0n) is 9.45. The lowest BCUT2D eigenvalue weighted by Crippen LogP contribution is -2.43. The van der Waals surface area contributed by atoms with Crippen LogP contribution in [0.3, 0.4) is 0 Å². The molecule has 3 heteroatoms. The van der Waals surface area contributed by atoms with Crippen LogP contribution in [0.4, 0.5) is 0 Å². The van der Waals surface area contributed by atoms with Gasteiger partial charge in [0.1, 0.15) is 5.54 Å². The highest BCUT2D eigenvalue weighted by Gasteiger charge is 2.27. The molecule has 1 aliphatic rings. The largest absolute Gasteiger partial charge is 0.314 e. The van der Waals surface area contributed by atoms with Crippen molar-refractivity contribution in [1.82, 2.24) is 4.90 Å². The minimum absolute atomic E-state index is 0.394. The Kier molecular flexibility index (Phi) is 3.52. The van der Waals surface area contributed by atoms with E-state index < -0.39 is 5.54 Å². The van der Waals surface area contributed by atoms with Gasteiger partial charge in [0.2, 0.25) is 0 Å². The van der Waals surface area contributed by atoms with Crippen LogP contribution in [0.15, 0.2) is 0 Å². The van der Waals surface area contributed by atoms with Crippen molar-refractivity contribution in [3.8, 4) is 6.07 Å². The molecule has 1 saturated carbocycles. The summed E-state index contributed by atoms with van der Waals surface area (Å²) in [6.45, 7) is 5.10. The molecule has 1 fully saturated rings. The van der Waals surface area contributed by atoms with E-state index in [-0.39, 0.29) is 0 Å². The van der Waals surface area contributed by atoms with Gasteiger partial charge in [-0.15, -0.1) is 0 Å². The Morgan fingerprint density at radius 2 is 2.21 bits per heavy atom. The minimum atomic E-state index is -0.683. The Labute approximate surface area is 86.9 Å². The maximum absolute atomic E-state index is 8.83. The predicted molar refractivity (Wildman–Crippen MR) is 57.6 cm³/mol. The van der Waals surface area contributed by atoms with Crippen molar-refractivity contribution in [3.05, 3.63) is 0 Å². The summed E-state index contributed by atoms with van der Waals surface area (Å²) in [4.78, 5) is 2.32. The summed E-state index contributed by atoms with van der Waals surface area (Å²) >= 11 is 0. The predicted octanol–water partition coefficient (Wildman–Crippen LogP) is 1.35. The van der Waals surface area contributed by atoms with Gasteiger partial charge in [0, 0.05) is 12.6 Å². The molecule has 0 bridgehead atoms. The molecule has 1 rings (SSSR count). The first-order valence-corrected chi connectivity index (χ1v) is 5.35. The molecular formula is C11H21N3. The molecule has 0 aromatic rings. The summed E-state index contributed by atoms with van der Waals surface area (Å²) < 4.78 is 0. The van der Waals surface area contributed by atoms with Crippen molar-refractivity contribution < 1.29 is 0 Å². The Morgan fingerprint density at radius 3 is 2.64 bits per heavy atom. The zero-order valence-corrected chi connectivity index (χ0v) is 9.45. The van der Waals surface area contributed by atoms with Gasteiger partial charge < -0.3 is 10.6 Å². The summed E-state index contributed by atoms with van der Waals surface area (Å²) in [5.74, 6) is 0.897. The van der Waals surface area contributed by atoms with Crippen molar-refractivity contribution in [1.29, 1.82) is 5.26 Å². The van der Waals surface area contributed by atoms with Crippen molar-refractivity contribution in [2.75, 3.05) is 13.6 Å². The Balaban J connectivity index is 2.32. The molecule has 0 aromatic carbocycles. The Morgan fingerprint density at radius 1 is 1.64 bits per heavy atom. The summed E-state index contributed by atoms with van der Waals surface area (Å²) in [5.41, 5.74) is 5.13. The molecule has 0 heterocycles. The van der Waals surface area contributed by atoms with Crippen LogP contribution in [0.1, 0.15) is 33.1 Å². The van der Waals surface area contributed by atoms with Crippen LogP contribution >= 0.6 is 0 Å². The molecular weight excluding hydrogens is 174 g/mol. The third kappa shape index (κ3) is 3.65. The second kappa shape index (κ2) is 4.29. The van der Waals surface area contributed by atoms with Crippen LogP contribution in [-0.4, -0.2) is 30.1 Å². The van der Waals surface area contributed by atoms with Crippen molar-refractivity contribution in [2.45, 2.75) is 44.7 Å². The number of hydrogen-bond acceptors (Lipinski definition) is 3. The molecule has 0 aromatic heterocycles. The van der Waals surface area contributed by atoms with Gasteiger partial charge in [-0.1, -0.05) is 0 Å². The second-order valence-electron chi connectivity index (χ2n) is 4.97. The van der Waals surface area contributed by atoms with Gasteiger partial charge in [-0.2, -0.15) is 5.26 Å². The molecule has 0 spiro atoms. The van der Waals surface area contributed by atoms with Gasteiger partial charge in [-0.05, 0) is 46.1 Å². The quantitative estimate of drug-likeness (QED) is 0.720. The average molecular weight is 195 g/mol. The van der Waals surface area contributed by atoms with Crippen LogP contribution in [0.5, 0.6) is 0 Å². The van der Waals surface area contributed by atoms with Gasteiger partial charge in [0.25, 0.3) is 0 Å². The fourth-order valence-corrected chi connectivity index (χ4v) is 1.70. The molecule has 80 valence electrons. The summed E-state index contributed by atoms with van der Waals surface area (Å²) in [7, 11) is 2.12. The van der Waals surface area contributed by atoms with Crippen LogP contribution < -0.4 is 5.73 Å². The zero-order chi connectivity index (χ0) is 10.8. The van der Waals surface area contributed by atoms with E-state index in [1.54, 1.807) is 6.92 Å². The Hall–Kier alpha value is -0.590. The van der Waals surface area contributed by atoms with E-state index in [2.05, 4.69) is 24.9 Å². The number of nitrogens with zero attached hydrogens (tertiary/aromatic N) is 2. The summed E-state index contributed by atoms with van der Waals surface area (Å²) in [5, 5.41) is 8.83. The molecule has 2 unspecified atom stereocenters. The van der Waals surface area contributed by atoms with E-state index >= 15 is 0 Å². The van der Waals surface area contributed by atoms with Crippen LogP contribution in [0.2, 0.25) is 0 Å². The number of hydrogen-bond donors (Lipinski definition) is 1. The lowest BCUT2D eigenvalue weighted by atomic mass is 9.96. The number of nitrogens with two attached hydrogens (primary N) is 1. The lowest BCUT2D eigenvalue weighted by Gasteiger charge is -2.28. The van der Waals surface area contributed by atoms with E-state index in [4.69, 9.17) is 11.0 Å². The molecule has 14 heavy (non-hydrogen) atoms. The van der Waals surface area contributed by atoms with E-state index in [1.807, 2.05) is 0 Å². The monoisotopic (exact) mass is 195 g/mol. The van der Waals surface area contributed by atoms with Crippen molar-refractivity contribution in [3.63, 3.8) is 0 Å². The van der Waals surface area contributed by atoms with Gasteiger partial charge in [0.15, 0.2) is 0 Å². The van der Waals surface area contributed by atoms with Crippen LogP contribution in [0.25, 0.3) is 0 Å². The average Bonchev–Trinajstić information content (AvgIpc) is 2.87. The van der Waals surface area contributed by atoms with E-state index in [9.17, 15) is 0 Å². The van der Waals surface area contributed by atoms with Gasteiger partial charge in [-0.3, -0.25) is 0 Å². The molecule has 2 atom stereocenters. The Bertz CT molecular complexity index is 225. The minimum Gasteiger partial charge on any atom is -0.314 e. The van der Waals surface area contributed by atoms with Crippen molar-refractivity contribution in [2.24, 2.45) is 11.7 Å². The van der Waals surface area contributed by atoms with Gasteiger partial charge in [0.05, 0.1) is 6.07 Å². The molecule has 0 aliphatic heterocycles. The first kappa shape index (κ1) is 11.5. The van der Waals surface area contributed by atoms with Gasteiger partial charge >= 0.3 is 0 Å². The third-order valence-electron chi connectivity index (χ3n) is 2.97. The number of rotatable bonds is 5. The van der Waals surface area contributed by atoms with Crippen LogP contribution in [0, 0.1) is 17.2 Å². The molecule has 3 nitrogen and oxygen atoms in total. The first-order valence-electron chi connectivity index (χ1n) is 5.35.